The number of aromatic nitrogens is 1. The van der Waals surface area contributed by atoms with Gasteiger partial charge >= 0.3 is 0 Å². The van der Waals surface area contributed by atoms with Gasteiger partial charge < -0.3 is 14.0 Å². The van der Waals surface area contributed by atoms with Crippen LogP contribution < -0.4 is 9.47 Å². The van der Waals surface area contributed by atoms with E-state index in [0.717, 1.165) is 19.5 Å². The van der Waals surface area contributed by atoms with Crippen LogP contribution in [0.4, 0.5) is 10.0 Å². The normalized spacial score (nSPS) is 11.0. The molecule has 0 bridgehead atoms. The van der Waals surface area contributed by atoms with Crippen molar-refractivity contribution in [1.82, 2.24) is 4.57 Å². The van der Waals surface area contributed by atoms with E-state index >= 15 is 0 Å². The van der Waals surface area contributed by atoms with Crippen molar-refractivity contribution in [3.8, 4) is 55.3 Å². The highest BCUT2D eigenvalue weighted by Crippen LogP contribution is 2.55. The van der Waals surface area contributed by atoms with E-state index in [1.165, 1.54) is 61.9 Å². The monoisotopic (exact) mass is 683 g/mol. The largest absolute Gasteiger partial charge is 0.495 e. The van der Waals surface area contributed by atoms with Crippen molar-refractivity contribution in [2.24, 2.45) is 17.0 Å². The summed E-state index contributed by atoms with van der Waals surface area (Å²) >= 11 is 9.72. The third kappa shape index (κ3) is 4.30. The molecule has 0 unspecified atom stereocenters. The average molecular weight is 684 g/mol. The Balaban J connectivity index is 1.34. The number of aliphatic imine (C=N–C) groups is 2. The van der Waals surface area contributed by atoms with Gasteiger partial charge in [-0.05, 0) is 12.1 Å². The maximum absolute atomic E-state index is 9.11. The number of ether oxygens (including phenoxy) is 2. The topological polar surface area (TPSA) is 143 Å². The number of hydrogen-bond donors (Lipinski definition) is 0. The first kappa shape index (κ1) is 28.2. The second-order valence-electron chi connectivity index (χ2n) is 9.06. The van der Waals surface area contributed by atoms with Crippen LogP contribution in [0.25, 0.3) is 58.7 Å². The number of aryl methyl sites for hydroxylation is 1. The number of nitriles is 4. The summed E-state index contributed by atoms with van der Waals surface area (Å²) in [5.74, 6) is 1.31. The second kappa shape index (κ2) is 10.8. The molecule has 9 nitrogen and oxygen atoms in total. The van der Waals surface area contributed by atoms with Crippen molar-refractivity contribution >= 4 is 129 Å². The molecule has 0 atom stereocenters. The lowest BCUT2D eigenvalue weighted by molar-refractivity contribution is 0.418. The molecule has 44 heavy (non-hydrogen) atoms. The van der Waals surface area contributed by atoms with Gasteiger partial charge in [0.25, 0.3) is 0 Å². The van der Waals surface area contributed by atoms with E-state index in [1.54, 1.807) is 71.7 Å². The molecule has 0 saturated heterocycles. The van der Waals surface area contributed by atoms with Crippen molar-refractivity contribution in [2.45, 2.75) is 0 Å². The Labute approximate surface area is 272 Å². The van der Waals surface area contributed by atoms with Crippen LogP contribution in [-0.4, -0.2) is 30.2 Å². The molecule has 0 aliphatic rings. The van der Waals surface area contributed by atoms with Crippen molar-refractivity contribution in [1.29, 1.82) is 21.0 Å². The summed E-state index contributed by atoms with van der Waals surface area (Å²) in [5, 5.41) is 37.5. The van der Waals surface area contributed by atoms with E-state index in [2.05, 4.69) is 33.7 Å². The molecule has 0 N–H and O–H groups in total. The van der Waals surface area contributed by atoms with Crippen LogP contribution in [0.15, 0.2) is 34.3 Å². The molecule has 0 radical (unpaired) electrons. The molecular formula is C29H13N7O2S6. The zero-order chi connectivity index (χ0) is 30.7. The van der Waals surface area contributed by atoms with E-state index in [9.17, 15) is 0 Å². The Morgan fingerprint density at radius 2 is 1.02 bits per heavy atom. The fraction of sp³-hybridized carbons (Fsp3) is 0.103. The second-order valence-corrected chi connectivity index (χ2v) is 15.3. The van der Waals surface area contributed by atoms with Gasteiger partial charge in [0.1, 0.15) is 45.8 Å². The van der Waals surface area contributed by atoms with Gasteiger partial charge in [-0.1, -0.05) is 0 Å². The molecule has 212 valence electrons. The highest BCUT2D eigenvalue weighted by Gasteiger charge is 2.25. The van der Waals surface area contributed by atoms with Gasteiger partial charge in [0, 0.05) is 28.6 Å². The highest BCUT2D eigenvalue weighted by atomic mass is 32.1. The molecule has 0 fully saturated rings. The van der Waals surface area contributed by atoms with E-state index in [-0.39, 0.29) is 11.4 Å². The maximum Gasteiger partial charge on any atom is 0.219 e. The lowest BCUT2D eigenvalue weighted by Crippen LogP contribution is -1.84. The van der Waals surface area contributed by atoms with E-state index in [1.807, 2.05) is 24.3 Å². The highest BCUT2D eigenvalue weighted by molar-refractivity contribution is 7.40. The molecule has 15 heteroatoms. The third-order valence-corrected chi connectivity index (χ3v) is 14.0. The molecule has 0 aromatic carbocycles. The van der Waals surface area contributed by atoms with Gasteiger partial charge in [0.05, 0.1) is 63.6 Å². The molecule has 0 aliphatic heterocycles. The average Bonchev–Trinajstić information content (AvgIpc) is 3.86. The molecular weight excluding hydrogens is 671 g/mol. The minimum Gasteiger partial charge on any atom is -0.495 e. The lowest BCUT2D eigenvalue weighted by Gasteiger charge is -1.98. The number of thiophene rings is 6. The van der Waals surface area contributed by atoms with Crippen molar-refractivity contribution < 1.29 is 9.47 Å². The predicted molar refractivity (Wildman–Crippen MR) is 183 cm³/mol. The number of nitrogens with zero attached hydrogens (tertiary/aromatic N) is 7. The summed E-state index contributed by atoms with van der Waals surface area (Å²) in [6, 6.07) is 15.1. The fourth-order valence-corrected chi connectivity index (χ4v) is 12.6. The Hall–Kier alpha value is -4.58. The van der Waals surface area contributed by atoms with Crippen molar-refractivity contribution in [3.63, 3.8) is 0 Å². The number of methoxy groups -OCH3 is 2. The van der Waals surface area contributed by atoms with Gasteiger partial charge in [-0.3, -0.25) is 0 Å². The number of hydrogen-bond acceptors (Lipinski definition) is 14. The summed E-state index contributed by atoms with van der Waals surface area (Å²) in [7, 11) is 5.31. The molecule has 7 aromatic heterocycles. The van der Waals surface area contributed by atoms with Crippen LogP contribution >= 0.6 is 68.0 Å². The van der Waals surface area contributed by atoms with Crippen LogP contribution in [0.5, 0.6) is 11.5 Å². The summed E-state index contributed by atoms with van der Waals surface area (Å²) in [4.78, 5) is 12.2. The summed E-state index contributed by atoms with van der Waals surface area (Å²) in [6.45, 7) is 0. The van der Waals surface area contributed by atoms with Crippen LogP contribution in [0.1, 0.15) is 0 Å². The summed E-state index contributed by atoms with van der Waals surface area (Å²) in [5.41, 5.74) is 1.99. The fourth-order valence-electron chi connectivity index (χ4n) is 4.86. The first-order valence-electron chi connectivity index (χ1n) is 12.4. The Morgan fingerprint density at radius 1 is 0.614 bits per heavy atom. The molecule has 7 rings (SSSR count). The molecule has 0 saturated carbocycles. The Kier molecular flexibility index (Phi) is 6.95. The smallest absolute Gasteiger partial charge is 0.219 e. The van der Waals surface area contributed by atoms with Crippen LogP contribution in [0.2, 0.25) is 0 Å². The molecule has 0 aliphatic carbocycles. The van der Waals surface area contributed by atoms with Crippen molar-refractivity contribution in [3.05, 3.63) is 24.3 Å². The zero-order valence-corrected chi connectivity index (χ0v) is 27.6. The van der Waals surface area contributed by atoms with Crippen LogP contribution in [-0.2, 0) is 7.05 Å². The standard InChI is InChI=1S/C29H13N7O2S6/c1-36-22-26-18(6-16(39-26)24-14(37-2)4-20(43-24)34-12(8-30)9-31)41-28(22)29-23(36)27-19(42-29)7-17(40-27)25-15(38-3)5-21(44-25)35-13(10-32)11-33/h4-7H,1-3H3. The van der Waals surface area contributed by atoms with E-state index in [4.69, 9.17) is 30.5 Å². The minimum absolute atomic E-state index is 0.195. The minimum atomic E-state index is -0.195. The lowest BCUT2D eigenvalue weighted by atomic mass is 10.3. The zero-order valence-electron chi connectivity index (χ0n) is 22.7. The van der Waals surface area contributed by atoms with E-state index in [0.29, 0.717) is 21.5 Å². The van der Waals surface area contributed by atoms with Gasteiger partial charge in [-0.15, -0.1) is 68.0 Å². The molecule has 0 spiro atoms. The van der Waals surface area contributed by atoms with Gasteiger partial charge in [-0.2, -0.15) is 21.0 Å². The van der Waals surface area contributed by atoms with Gasteiger partial charge in [0.2, 0.25) is 11.4 Å². The molecule has 7 aromatic rings. The predicted octanol–water partition coefficient (Wildman–Crippen LogP) is 9.60. The first-order valence-corrected chi connectivity index (χ1v) is 17.3. The quantitative estimate of drug-likeness (QED) is 0.160. The van der Waals surface area contributed by atoms with Gasteiger partial charge in [-0.25, -0.2) is 9.98 Å². The Bertz CT molecular complexity index is 2340. The van der Waals surface area contributed by atoms with Crippen LogP contribution in [0.3, 0.4) is 0 Å². The maximum atomic E-state index is 9.11. The number of fused-ring (bicyclic) bond motifs is 7. The molecule has 0 amide bonds. The SMILES string of the molecule is COc1cc(N=C(C#N)C#N)sc1-c1cc2sc3c4sc5cc(-c6sc(N=C(C#N)C#N)cc6OC)sc5c4n(C)c3c2s1. The van der Waals surface area contributed by atoms with E-state index < -0.39 is 0 Å². The number of rotatable bonds is 6. The summed E-state index contributed by atoms with van der Waals surface area (Å²) in [6.07, 6.45) is 0. The Morgan fingerprint density at radius 3 is 1.39 bits per heavy atom. The molecule has 7 heterocycles. The third-order valence-electron chi connectivity index (χ3n) is 6.68. The van der Waals surface area contributed by atoms with Gasteiger partial charge in [0.15, 0.2) is 0 Å². The summed E-state index contributed by atoms with van der Waals surface area (Å²) < 4.78 is 20.8. The first-order chi connectivity index (χ1) is 21.4. The van der Waals surface area contributed by atoms with Crippen LogP contribution in [0, 0.1) is 45.3 Å². The van der Waals surface area contributed by atoms with Crippen molar-refractivity contribution in [2.75, 3.05) is 14.2 Å².